The maximum Gasteiger partial charge on any atom is 0.263 e. The summed E-state index contributed by atoms with van der Waals surface area (Å²) >= 11 is 2.66. The molecule has 1 N–H and O–H groups in total. The molecule has 6 nitrogen and oxygen atoms in total. The Labute approximate surface area is 183 Å². The van der Waals surface area contributed by atoms with Crippen molar-refractivity contribution in [2.75, 3.05) is 5.32 Å². The second-order valence-corrected chi connectivity index (χ2v) is 8.94. The van der Waals surface area contributed by atoms with E-state index in [2.05, 4.69) is 16.9 Å². The van der Waals surface area contributed by atoms with Gasteiger partial charge in [0.15, 0.2) is 10.9 Å². The molecule has 156 valence electrons. The molecule has 1 aromatic carbocycles. The van der Waals surface area contributed by atoms with Crippen LogP contribution in [0.4, 0.5) is 5.69 Å². The zero-order chi connectivity index (χ0) is 21.7. The zero-order valence-corrected chi connectivity index (χ0v) is 18.5. The van der Waals surface area contributed by atoms with Crippen molar-refractivity contribution in [2.24, 2.45) is 0 Å². The lowest BCUT2D eigenvalue weighted by Crippen LogP contribution is -2.24. The fourth-order valence-electron chi connectivity index (χ4n) is 2.92. The molecule has 0 saturated carbocycles. The molecular weight excluding hydrogens is 418 g/mol. The lowest BCUT2D eigenvalue weighted by molar-refractivity contribution is -0.116. The van der Waals surface area contributed by atoms with E-state index >= 15 is 0 Å². The summed E-state index contributed by atoms with van der Waals surface area (Å²) in [5.74, 6) is -0.118. The van der Waals surface area contributed by atoms with Crippen molar-refractivity contribution in [1.29, 1.82) is 0 Å². The van der Waals surface area contributed by atoms with Gasteiger partial charge in [-0.15, -0.1) is 17.9 Å². The van der Waals surface area contributed by atoms with Gasteiger partial charge in [0.05, 0.1) is 10.6 Å². The number of thioether (sulfide) groups is 1. The molecule has 2 heterocycles. The first-order chi connectivity index (χ1) is 14.4. The summed E-state index contributed by atoms with van der Waals surface area (Å²) in [5.41, 5.74) is 1.07. The van der Waals surface area contributed by atoms with Crippen LogP contribution in [0.25, 0.3) is 10.2 Å². The summed E-state index contributed by atoms with van der Waals surface area (Å²) in [6.07, 6.45) is 2.88. The van der Waals surface area contributed by atoms with Crippen molar-refractivity contribution in [2.45, 2.75) is 43.6 Å². The lowest BCUT2D eigenvalue weighted by Gasteiger charge is -2.14. The van der Waals surface area contributed by atoms with Gasteiger partial charge in [-0.05, 0) is 49.1 Å². The average molecular weight is 442 g/mol. The van der Waals surface area contributed by atoms with Crippen molar-refractivity contribution in [1.82, 2.24) is 9.55 Å². The number of rotatable bonds is 9. The molecule has 0 spiro atoms. The molecule has 0 bridgehead atoms. The highest BCUT2D eigenvalue weighted by Crippen LogP contribution is 2.27. The number of nitrogens with one attached hydrogen (secondary N) is 1. The number of carbonyl (C=O) groups excluding carboxylic acids is 2. The van der Waals surface area contributed by atoms with Gasteiger partial charge < -0.3 is 5.32 Å². The Bertz CT molecular complexity index is 1130. The minimum absolute atomic E-state index is 0.0456. The highest BCUT2D eigenvalue weighted by molar-refractivity contribution is 8.00. The van der Waals surface area contributed by atoms with Crippen molar-refractivity contribution >= 4 is 50.7 Å². The van der Waals surface area contributed by atoms with E-state index in [1.165, 1.54) is 23.1 Å². The van der Waals surface area contributed by atoms with Crippen LogP contribution in [-0.2, 0) is 11.3 Å². The van der Waals surface area contributed by atoms with Crippen LogP contribution >= 0.6 is 23.1 Å². The first-order valence-corrected chi connectivity index (χ1v) is 11.4. The van der Waals surface area contributed by atoms with E-state index in [-0.39, 0.29) is 17.2 Å². The van der Waals surface area contributed by atoms with E-state index in [1.807, 2.05) is 12.3 Å². The minimum Gasteiger partial charge on any atom is -0.326 e. The molecule has 30 heavy (non-hydrogen) atoms. The van der Waals surface area contributed by atoms with E-state index < -0.39 is 5.25 Å². The Morgan fingerprint density at radius 2 is 2.03 bits per heavy atom. The van der Waals surface area contributed by atoms with Crippen LogP contribution in [0, 0.1) is 0 Å². The molecule has 1 atom stereocenters. The van der Waals surface area contributed by atoms with Crippen molar-refractivity contribution < 1.29 is 9.59 Å². The van der Waals surface area contributed by atoms with Crippen LogP contribution in [0.2, 0.25) is 0 Å². The fraction of sp³-hybridized carbons (Fsp3) is 0.273. The summed E-state index contributed by atoms with van der Waals surface area (Å²) in [6.45, 7) is 7.79. The summed E-state index contributed by atoms with van der Waals surface area (Å²) < 4.78 is 1.54. The first kappa shape index (κ1) is 22.0. The third kappa shape index (κ3) is 4.88. The number of nitrogens with zero attached hydrogens (tertiary/aromatic N) is 2. The van der Waals surface area contributed by atoms with Crippen LogP contribution in [0.5, 0.6) is 0 Å². The normalized spacial score (nSPS) is 11.9. The minimum atomic E-state index is -0.439. The van der Waals surface area contributed by atoms with Crippen molar-refractivity contribution in [3.63, 3.8) is 0 Å². The number of carbonyl (C=O) groups is 2. The quantitative estimate of drug-likeness (QED) is 0.224. The number of allylic oxidation sites excluding steroid dienone is 1. The molecule has 0 aliphatic rings. The fourth-order valence-corrected chi connectivity index (χ4v) is 4.73. The maximum atomic E-state index is 12.9. The first-order valence-electron chi connectivity index (χ1n) is 9.64. The molecular formula is C22H23N3O3S2. The predicted molar refractivity (Wildman–Crippen MR) is 124 cm³/mol. The number of ketones is 1. The van der Waals surface area contributed by atoms with Crippen LogP contribution in [0.15, 0.2) is 58.3 Å². The highest BCUT2D eigenvalue weighted by Gasteiger charge is 2.21. The molecule has 1 amide bonds. The lowest BCUT2D eigenvalue weighted by atomic mass is 10.1. The third-order valence-electron chi connectivity index (χ3n) is 4.44. The predicted octanol–water partition coefficient (Wildman–Crippen LogP) is 4.75. The molecule has 3 rings (SSSR count). The van der Waals surface area contributed by atoms with Crippen LogP contribution in [-0.4, -0.2) is 26.5 Å². The topological polar surface area (TPSA) is 81.1 Å². The number of hydrogen-bond acceptors (Lipinski definition) is 6. The van der Waals surface area contributed by atoms with E-state index in [0.717, 1.165) is 6.42 Å². The zero-order valence-electron chi connectivity index (χ0n) is 16.9. The Hall–Kier alpha value is -2.71. The number of anilines is 1. The maximum absolute atomic E-state index is 12.9. The number of thiophene rings is 1. The molecule has 1 unspecified atom stereocenters. The molecule has 0 radical (unpaired) electrons. The molecule has 2 aromatic heterocycles. The molecule has 0 aliphatic heterocycles. The molecule has 0 saturated heterocycles. The standard InChI is InChI=1S/C22H23N3O3S2/c1-4-6-18(26)23-16-9-7-15(8-10-16)19(27)14(3)30-22-24-20-17(11-13-29-20)21(28)25(22)12-5-2/h5,7-11,13-14H,2,4,6,12H2,1,3H3,(H,23,26). The van der Waals surface area contributed by atoms with Gasteiger partial charge in [-0.1, -0.05) is 24.8 Å². The van der Waals surface area contributed by atoms with Gasteiger partial charge in [0.1, 0.15) is 4.83 Å². The number of fused-ring (bicyclic) bond motifs is 1. The smallest absolute Gasteiger partial charge is 0.263 e. The largest absolute Gasteiger partial charge is 0.326 e. The number of amides is 1. The average Bonchev–Trinajstić information content (AvgIpc) is 3.20. The van der Waals surface area contributed by atoms with Gasteiger partial charge in [-0.3, -0.25) is 19.0 Å². The summed E-state index contributed by atoms with van der Waals surface area (Å²) in [6, 6.07) is 8.61. The Morgan fingerprint density at radius 3 is 2.70 bits per heavy atom. The number of hydrogen-bond donors (Lipinski definition) is 1. The number of Topliss-reactive ketones (excluding diaryl/α,β-unsaturated/α-hetero) is 1. The van der Waals surface area contributed by atoms with E-state index in [4.69, 9.17) is 0 Å². The van der Waals surface area contributed by atoms with Crippen molar-refractivity contribution in [3.8, 4) is 0 Å². The van der Waals surface area contributed by atoms with E-state index in [0.29, 0.717) is 39.6 Å². The van der Waals surface area contributed by atoms with Gasteiger partial charge in [0.2, 0.25) is 5.91 Å². The van der Waals surface area contributed by atoms with Gasteiger partial charge in [-0.2, -0.15) is 0 Å². The van der Waals surface area contributed by atoms with Gasteiger partial charge in [0, 0.05) is 24.2 Å². The summed E-state index contributed by atoms with van der Waals surface area (Å²) in [4.78, 5) is 42.6. The molecule has 0 fully saturated rings. The van der Waals surface area contributed by atoms with Crippen LogP contribution < -0.4 is 10.9 Å². The third-order valence-corrected chi connectivity index (χ3v) is 6.34. The molecule has 3 aromatic rings. The van der Waals surface area contributed by atoms with Gasteiger partial charge >= 0.3 is 0 Å². The van der Waals surface area contributed by atoms with Crippen LogP contribution in [0.1, 0.15) is 37.0 Å². The summed E-state index contributed by atoms with van der Waals surface area (Å²) in [5, 5.41) is 5.28. The van der Waals surface area contributed by atoms with Gasteiger partial charge in [0.25, 0.3) is 5.56 Å². The Kier molecular flexibility index (Phi) is 7.23. The molecule has 0 aliphatic carbocycles. The Morgan fingerprint density at radius 1 is 1.30 bits per heavy atom. The van der Waals surface area contributed by atoms with Crippen molar-refractivity contribution in [3.05, 3.63) is 64.3 Å². The van der Waals surface area contributed by atoms with E-state index in [9.17, 15) is 14.4 Å². The summed E-state index contributed by atoms with van der Waals surface area (Å²) in [7, 11) is 0. The molecule has 8 heteroatoms. The van der Waals surface area contributed by atoms with Crippen LogP contribution in [0.3, 0.4) is 0 Å². The van der Waals surface area contributed by atoms with E-state index in [1.54, 1.807) is 47.9 Å². The SMILES string of the molecule is C=CCn1c(SC(C)C(=O)c2ccc(NC(=O)CCC)cc2)nc2sccc2c1=O. The number of aromatic nitrogens is 2. The number of benzene rings is 1. The second kappa shape index (κ2) is 9.86. The van der Waals surface area contributed by atoms with Gasteiger partial charge in [-0.25, -0.2) is 4.98 Å². The highest BCUT2D eigenvalue weighted by atomic mass is 32.2. The Balaban J connectivity index is 1.79. The second-order valence-electron chi connectivity index (χ2n) is 6.74. The monoisotopic (exact) mass is 441 g/mol.